The van der Waals surface area contributed by atoms with E-state index in [1.807, 2.05) is 0 Å². The van der Waals surface area contributed by atoms with Gasteiger partial charge in [0.25, 0.3) is 0 Å². The molecule has 20 heavy (non-hydrogen) atoms. The molecule has 0 aliphatic carbocycles. The Morgan fingerprint density at radius 2 is 2.05 bits per heavy atom. The van der Waals surface area contributed by atoms with Gasteiger partial charge in [0.1, 0.15) is 17.3 Å². The van der Waals surface area contributed by atoms with Crippen molar-refractivity contribution in [3.8, 4) is 28.7 Å². The number of methoxy groups -OCH3 is 1. The maximum atomic E-state index is 13.4. The largest absolute Gasteiger partial charge is 0.496 e. The Bertz CT molecular complexity index is 750. The van der Waals surface area contributed by atoms with Crippen LogP contribution in [0.25, 0.3) is 22.9 Å². The van der Waals surface area contributed by atoms with Crippen molar-refractivity contribution in [1.82, 2.24) is 15.2 Å². The fourth-order valence-corrected chi connectivity index (χ4v) is 1.87. The Hall–Kier alpha value is -2.83. The monoisotopic (exact) mass is 274 g/mol. The highest BCUT2D eigenvalue weighted by Crippen LogP contribution is 2.33. The summed E-state index contributed by atoms with van der Waals surface area (Å²) in [7, 11) is 1.51. The van der Waals surface area contributed by atoms with Crippen LogP contribution in [0.2, 0.25) is 0 Å². The molecule has 0 aliphatic rings. The molecule has 0 aliphatic heterocycles. The van der Waals surface area contributed by atoms with Crippen LogP contribution < -0.4 is 10.5 Å². The first-order valence-corrected chi connectivity index (χ1v) is 5.79. The molecule has 6 nitrogen and oxygen atoms in total. The Labute approximate surface area is 113 Å². The summed E-state index contributed by atoms with van der Waals surface area (Å²) in [6.45, 7) is 0. The van der Waals surface area contributed by atoms with Gasteiger partial charge in [0.05, 0.1) is 12.7 Å². The van der Waals surface area contributed by atoms with Gasteiger partial charge in [-0.1, -0.05) is 0 Å². The molecule has 0 unspecified atom stereocenters. The number of nitrogens with one attached hydrogen (secondary N) is 1. The average Bonchev–Trinajstić information content (AvgIpc) is 3.07. The number of ether oxygens (including phenoxy) is 1. The van der Waals surface area contributed by atoms with E-state index in [2.05, 4.69) is 15.2 Å². The number of anilines is 1. The van der Waals surface area contributed by atoms with E-state index in [4.69, 9.17) is 14.9 Å². The Morgan fingerprint density at radius 3 is 2.75 bits per heavy atom. The minimum Gasteiger partial charge on any atom is -0.496 e. The van der Waals surface area contributed by atoms with E-state index in [9.17, 15) is 4.39 Å². The van der Waals surface area contributed by atoms with Gasteiger partial charge in [-0.2, -0.15) is 4.98 Å². The lowest BCUT2D eigenvalue weighted by atomic mass is 10.1. The second kappa shape index (κ2) is 4.69. The zero-order valence-electron chi connectivity index (χ0n) is 10.6. The molecule has 0 fully saturated rings. The summed E-state index contributed by atoms with van der Waals surface area (Å²) in [5, 5.41) is 6.36. The van der Waals surface area contributed by atoms with Gasteiger partial charge in [0.2, 0.25) is 5.95 Å². The van der Waals surface area contributed by atoms with E-state index < -0.39 is 0 Å². The van der Waals surface area contributed by atoms with Crippen molar-refractivity contribution in [2.24, 2.45) is 0 Å². The molecule has 0 atom stereocenters. The van der Waals surface area contributed by atoms with E-state index in [-0.39, 0.29) is 11.8 Å². The second-order valence-electron chi connectivity index (χ2n) is 4.05. The van der Waals surface area contributed by atoms with Crippen LogP contribution >= 0.6 is 0 Å². The lowest BCUT2D eigenvalue weighted by molar-refractivity contribution is 0.413. The number of rotatable bonds is 3. The number of H-pyrrole nitrogens is 1. The smallest absolute Gasteiger partial charge is 0.239 e. The molecule has 1 aromatic carbocycles. The fraction of sp³-hybridized carbons (Fsp3) is 0.0769. The van der Waals surface area contributed by atoms with Crippen LogP contribution in [-0.4, -0.2) is 22.3 Å². The highest BCUT2D eigenvalue weighted by atomic mass is 19.1. The maximum absolute atomic E-state index is 13.4. The third kappa shape index (κ3) is 2.09. The normalized spacial score (nSPS) is 10.7. The number of hydrogen-bond donors (Lipinski definition) is 2. The summed E-state index contributed by atoms with van der Waals surface area (Å²) < 4.78 is 24.2. The molecule has 3 N–H and O–H groups in total. The molecule has 0 saturated heterocycles. The van der Waals surface area contributed by atoms with E-state index in [0.717, 1.165) is 0 Å². The summed E-state index contributed by atoms with van der Waals surface area (Å²) in [5.41, 5.74) is 5.95. The summed E-state index contributed by atoms with van der Waals surface area (Å²) in [6, 6.07) is 7.60. The number of nitrogens with two attached hydrogens (primary N) is 1. The molecule has 0 amide bonds. The third-order valence-electron chi connectivity index (χ3n) is 2.77. The summed E-state index contributed by atoms with van der Waals surface area (Å²) >= 11 is 0. The molecule has 3 aromatic rings. The topological polar surface area (TPSA) is 90.0 Å². The summed E-state index contributed by atoms with van der Waals surface area (Å²) in [6.07, 6.45) is 0. The van der Waals surface area contributed by atoms with E-state index in [1.54, 1.807) is 18.2 Å². The van der Waals surface area contributed by atoms with Crippen molar-refractivity contribution in [3.05, 3.63) is 36.1 Å². The predicted octanol–water partition coefficient (Wildman–Crippen LogP) is 2.46. The quantitative estimate of drug-likeness (QED) is 0.765. The van der Waals surface area contributed by atoms with Gasteiger partial charge in [-0.05, 0) is 30.3 Å². The number of benzene rings is 1. The van der Waals surface area contributed by atoms with E-state index in [0.29, 0.717) is 28.7 Å². The van der Waals surface area contributed by atoms with E-state index >= 15 is 0 Å². The Morgan fingerprint density at radius 1 is 1.25 bits per heavy atom. The summed E-state index contributed by atoms with van der Waals surface area (Å²) in [5.74, 6) is 1.60. The predicted molar refractivity (Wildman–Crippen MR) is 70.4 cm³/mol. The van der Waals surface area contributed by atoms with Gasteiger partial charge in [-0.25, -0.2) is 4.39 Å². The lowest BCUT2D eigenvalue weighted by Gasteiger charge is -2.05. The minimum atomic E-state index is -0.373. The van der Waals surface area contributed by atoms with Crippen LogP contribution in [0, 0.1) is 5.82 Å². The third-order valence-corrected chi connectivity index (χ3v) is 2.77. The van der Waals surface area contributed by atoms with Crippen LogP contribution in [-0.2, 0) is 0 Å². The molecular formula is C13H11FN4O2. The van der Waals surface area contributed by atoms with Crippen LogP contribution in [0.3, 0.4) is 0 Å². The number of aromatic amines is 1. The van der Waals surface area contributed by atoms with Gasteiger partial charge in [-0.15, -0.1) is 5.10 Å². The number of nitrogen functional groups attached to an aromatic ring is 1. The molecular weight excluding hydrogens is 263 g/mol. The number of furan rings is 1. The molecule has 0 bridgehead atoms. The fourth-order valence-electron chi connectivity index (χ4n) is 1.87. The zero-order chi connectivity index (χ0) is 14.1. The first-order valence-electron chi connectivity index (χ1n) is 5.79. The van der Waals surface area contributed by atoms with Crippen molar-refractivity contribution >= 4 is 5.95 Å². The van der Waals surface area contributed by atoms with Crippen LogP contribution in [0.5, 0.6) is 5.75 Å². The second-order valence-corrected chi connectivity index (χ2v) is 4.05. The standard InChI is InChI=1S/C13H11FN4O2/c1-19-9-3-2-7(14)6-8(9)10-4-5-11(20-10)12-16-13(15)18-17-12/h2-6H,1H3,(H3,15,16,17,18). The number of hydrogen-bond acceptors (Lipinski definition) is 5. The number of halogens is 1. The first-order chi connectivity index (χ1) is 9.67. The van der Waals surface area contributed by atoms with Gasteiger partial charge < -0.3 is 14.9 Å². The molecule has 2 aromatic heterocycles. The summed E-state index contributed by atoms with van der Waals surface area (Å²) in [4.78, 5) is 3.96. The maximum Gasteiger partial charge on any atom is 0.239 e. The average molecular weight is 274 g/mol. The van der Waals surface area contributed by atoms with Gasteiger partial charge in [0, 0.05) is 0 Å². The molecule has 3 rings (SSSR count). The Kier molecular flexibility index (Phi) is 2.86. The minimum absolute atomic E-state index is 0.126. The number of nitrogens with zero attached hydrogens (tertiary/aromatic N) is 2. The molecule has 7 heteroatoms. The Balaban J connectivity index is 2.04. The van der Waals surface area contributed by atoms with Crippen LogP contribution in [0.4, 0.5) is 10.3 Å². The SMILES string of the molecule is COc1ccc(F)cc1-c1ccc(-c2nc(N)n[nH]2)o1. The molecule has 102 valence electrons. The highest BCUT2D eigenvalue weighted by Gasteiger charge is 2.14. The van der Waals surface area contributed by atoms with Gasteiger partial charge >= 0.3 is 0 Å². The van der Waals surface area contributed by atoms with Crippen molar-refractivity contribution < 1.29 is 13.5 Å². The van der Waals surface area contributed by atoms with Crippen molar-refractivity contribution in [1.29, 1.82) is 0 Å². The van der Waals surface area contributed by atoms with Crippen LogP contribution in [0.15, 0.2) is 34.7 Å². The number of aromatic nitrogens is 3. The lowest BCUT2D eigenvalue weighted by Crippen LogP contribution is -1.88. The molecule has 0 spiro atoms. The van der Waals surface area contributed by atoms with Gasteiger partial charge in [0.15, 0.2) is 11.6 Å². The first kappa shape index (κ1) is 12.2. The molecule has 2 heterocycles. The zero-order valence-corrected chi connectivity index (χ0v) is 10.6. The van der Waals surface area contributed by atoms with Crippen LogP contribution in [0.1, 0.15) is 0 Å². The van der Waals surface area contributed by atoms with Crippen molar-refractivity contribution in [2.75, 3.05) is 12.8 Å². The van der Waals surface area contributed by atoms with E-state index in [1.165, 1.54) is 19.2 Å². The van der Waals surface area contributed by atoms with Gasteiger partial charge in [-0.3, -0.25) is 5.10 Å². The molecule has 0 saturated carbocycles. The van der Waals surface area contributed by atoms with Crippen molar-refractivity contribution in [2.45, 2.75) is 0 Å². The molecule has 0 radical (unpaired) electrons. The highest BCUT2D eigenvalue weighted by molar-refractivity contribution is 5.68. The van der Waals surface area contributed by atoms with Crippen molar-refractivity contribution in [3.63, 3.8) is 0 Å².